The number of nitriles is 1. The summed E-state index contributed by atoms with van der Waals surface area (Å²) in [6.45, 7) is 0. The van der Waals surface area contributed by atoms with Gasteiger partial charge >= 0.3 is 0 Å². The number of para-hydroxylation sites is 1. The third-order valence-corrected chi connectivity index (χ3v) is 9.81. The predicted molar refractivity (Wildman–Crippen MR) is 187 cm³/mol. The van der Waals surface area contributed by atoms with E-state index in [1.165, 1.54) is 45.5 Å². The van der Waals surface area contributed by atoms with Gasteiger partial charge < -0.3 is 4.90 Å². The number of hydrogen-bond donors (Lipinski definition) is 0. The first-order valence-electron chi connectivity index (χ1n) is 15.9. The molecule has 2 nitrogen and oxygen atoms in total. The van der Waals surface area contributed by atoms with E-state index in [0.29, 0.717) is 11.3 Å². The number of halogens is 2. The normalized spacial score (nSPS) is 12.9. The molecular weight excluding hydrogens is 594 g/mol. The van der Waals surface area contributed by atoms with E-state index < -0.39 is 17.0 Å². The minimum atomic E-state index is -0.658. The molecule has 9 rings (SSSR count). The molecule has 48 heavy (non-hydrogen) atoms. The molecule has 226 valence electrons. The van der Waals surface area contributed by atoms with Crippen molar-refractivity contribution in [2.45, 2.75) is 5.41 Å². The van der Waals surface area contributed by atoms with Crippen LogP contribution in [0.1, 0.15) is 27.8 Å². The van der Waals surface area contributed by atoms with Gasteiger partial charge in [-0.2, -0.15) is 5.26 Å². The lowest BCUT2D eigenvalue weighted by atomic mass is 9.70. The van der Waals surface area contributed by atoms with Gasteiger partial charge in [0.2, 0.25) is 0 Å². The molecule has 0 atom stereocenters. The van der Waals surface area contributed by atoms with Gasteiger partial charge in [0.1, 0.15) is 11.6 Å². The number of benzene rings is 7. The lowest BCUT2D eigenvalue weighted by Gasteiger charge is -2.32. The highest BCUT2D eigenvalue weighted by atomic mass is 19.1. The maximum Gasteiger partial charge on any atom is 0.128 e. The van der Waals surface area contributed by atoms with Gasteiger partial charge in [0.05, 0.1) is 28.4 Å². The first-order valence-corrected chi connectivity index (χ1v) is 15.9. The predicted octanol–water partition coefficient (Wildman–Crippen LogP) is 11.3. The highest BCUT2D eigenvalue weighted by Crippen LogP contribution is 2.63. The van der Waals surface area contributed by atoms with E-state index in [9.17, 15) is 14.0 Å². The SMILES string of the molecule is N#Cc1ccc(-c2ccccc2N(c2cc(F)cc(F)c2)c2ccc3c(c2)C2(c4ccccc4-c4ccccc42)c2ccccc2-3)cc1. The van der Waals surface area contributed by atoms with Crippen LogP contribution in [0.4, 0.5) is 25.8 Å². The molecule has 0 radical (unpaired) electrons. The molecule has 0 amide bonds. The average molecular weight is 621 g/mol. The molecular formula is C44H26F2N2. The number of nitrogens with zero attached hydrogens (tertiary/aromatic N) is 2. The lowest BCUT2D eigenvalue weighted by molar-refractivity contribution is 0.584. The second kappa shape index (κ2) is 10.6. The van der Waals surface area contributed by atoms with Gasteiger partial charge in [0, 0.05) is 17.3 Å². The fraction of sp³-hybridized carbons (Fsp3) is 0.0227. The van der Waals surface area contributed by atoms with Crippen LogP contribution >= 0.6 is 0 Å². The third kappa shape index (κ3) is 3.95. The van der Waals surface area contributed by atoms with Gasteiger partial charge in [-0.25, -0.2) is 8.78 Å². The van der Waals surface area contributed by atoms with Crippen molar-refractivity contribution in [3.8, 4) is 39.4 Å². The summed E-state index contributed by atoms with van der Waals surface area (Å²) in [5.41, 5.74) is 13.1. The Morgan fingerprint density at radius 3 is 1.52 bits per heavy atom. The maximum atomic E-state index is 15.0. The molecule has 0 bridgehead atoms. The molecule has 4 heteroatoms. The van der Waals surface area contributed by atoms with Crippen molar-refractivity contribution in [3.63, 3.8) is 0 Å². The molecule has 7 aromatic rings. The molecule has 0 aliphatic heterocycles. The van der Waals surface area contributed by atoms with Crippen molar-refractivity contribution in [3.05, 3.63) is 197 Å². The Morgan fingerprint density at radius 2 is 0.958 bits per heavy atom. The minimum Gasteiger partial charge on any atom is -0.310 e. The zero-order chi connectivity index (χ0) is 32.4. The zero-order valence-electron chi connectivity index (χ0n) is 25.7. The number of fused-ring (bicyclic) bond motifs is 10. The number of anilines is 3. The Morgan fingerprint density at radius 1 is 0.458 bits per heavy atom. The Kier molecular flexibility index (Phi) is 6.19. The van der Waals surface area contributed by atoms with Crippen LogP contribution in [-0.2, 0) is 5.41 Å². The summed E-state index contributed by atoms with van der Waals surface area (Å²) >= 11 is 0. The summed E-state index contributed by atoms with van der Waals surface area (Å²) in [5, 5.41) is 9.41. The molecule has 0 unspecified atom stereocenters. The van der Waals surface area contributed by atoms with Gasteiger partial charge in [0.15, 0.2) is 0 Å². The Balaban J connectivity index is 1.34. The van der Waals surface area contributed by atoms with E-state index >= 15 is 0 Å². The molecule has 0 N–H and O–H groups in total. The number of rotatable bonds is 4. The molecule has 7 aromatic carbocycles. The third-order valence-electron chi connectivity index (χ3n) is 9.81. The van der Waals surface area contributed by atoms with E-state index in [-0.39, 0.29) is 0 Å². The van der Waals surface area contributed by atoms with E-state index in [1.54, 1.807) is 12.1 Å². The Bertz CT molecular complexity index is 2370. The van der Waals surface area contributed by atoms with Crippen LogP contribution in [0.25, 0.3) is 33.4 Å². The van der Waals surface area contributed by atoms with Crippen LogP contribution in [0.15, 0.2) is 158 Å². The molecule has 0 aromatic heterocycles. The fourth-order valence-electron chi connectivity index (χ4n) is 7.95. The first-order chi connectivity index (χ1) is 23.6. The molecule has 0 saturated carbocycles. The van der Waals surface area contributed by atoms with Crippen LogP contribution in [0.3, 0.4) is 0 Å². The van der Waals surface area contributed by atoms with Gasteiger partial charge in [-0.3, -0.25) is 0 Å². The molecule has 0 heterocycles. The largest absolute Gasteiger partial charge is 0.310 e. The van der Waals surface area contributed by atoms with Crippen LogP contribution < -0.4 is 4.90 Å². The van der Waals surface area contributed by atoms with E-state index in [0.717, 1.165) is 39.7 Å². The molecule has 0 fully saturated rings. The van der Waals surface area contributed by atoms with Crippen LogP contribution in [-0.4, -0.2) is 0 Å². The summed E-state index contributed by atoms with van der Waals surface area (Å²) in [6.07, 6.45) is 0. The molecule has 2 aliphatic carbocycles. The highest BCUT2D eigenvalue weighted by Gasteiger charge is 2.51. The van der Waals surface area contributed by atoms with Crippen LogP contribution in [0.5, 0.6) is 0 Å². The van der Waals surface area contributed by atoms with E-state index in [1.807, 2.05) is 47.4 Å². The van der Waals surface area contributed by atoms with Crippen molar-refractivity contribution in [2.24, 2.45) is 0 Å². The fourth-order valence-corrected chi connectivity index (χ4v) is 7.95. The average Bonchev–Trinajstić information content (AvgIpc) is 3.59. The summed E-state index contributed by atoms with van der Waals surface area (Å²) in [7, 11) is 0. The van der Waals surface area contributed by atoms with Gasteiger partial charge in [-0.1, -0.05) is 109 Å². The molecule has 0 saturated heterocycles. The Labute approximate surface area is 277 Å². The number of hydrogen-bond acceptors (Lipinski definition) is 2. The Hall–Kier alpha value is -6.31. The van der Waals surface area contributed by atoms with Gasteiger partial charge in [0.25, 0.3) is 0 Å². The second-order valence-electron chi connectivity index (χ2n) is 12.3. The summed E-state index contributed by atoms with van der Waals surface area (Å²) in [4.78, 5) is 1.93. The van der Waals surface area contributed by atoms with E-state index in [2.05, 4.69) is 91.0 Å². The quantitative estimate of drug-likeness (QED) is 0.196. The molecule has 2 aliphatic rings. The van der Waals surface area contributed by atoms with Gasteiger partial charge in [-0.05, 0) is 92.5 Å². The second-order valence-corrected chi connectivity index (χ2v) is 12.3. The maximum absolute atomic E-state index is 15.0. The standard InChI is InChI=1S/C44H26F2N2/c45-30-23-31(46)25-33(24-30)48(43-16-8-4-9-34(43)29-19-17-28(27-47)18-20-29)32-21-22-38-37-12-3-7-15-41(37)44(42(38)26-32)39-13-5-1-10-35(39)36-11-2-6-14-40(36)44/h1-26H. The first kappa shape index (κ1) is 28.0. The van der Waals surface area contributed by atoms with Crippen LogP contribution in [0, 0.1) is 23.0 Å². The summed E-state index contributed by atoms with van der Waals surface area (Å²) < 4.78 is 30.0. The van der Waals surface area contributed by atoms with E-state index in [4.69, 9.17) is 0 Å². The summed E-state index contributed by atoms with van der Waals surface area (Å²) in [6, 6.07) is 53.3. The van der Waals surface area contributed by atoms with Crippen molar-refractivity contribution in [1.29, 1.82) is 5.26 Å². The lowest BCUT2D eigenvalue weighted by Crippen LogP contribution is -2.26. The highest BCUT2D eigenvalue weighted by molar-refractivity contribution is 5.97. The van der Waals surface area contributed by atoms with Crippen molar-refractivity contribution in [2.75, 3.05) is 4.90 Å². The monoisotopic (exact) mass is 620 g/mol. The van der Waals surface area contributed by atoms with Crippen molar-refractivity contribution in [1.82, 2.24) is 0 Å². The zero-order valence-corrected chi connectivity index (χ0v) is 25.7. The minimum absolute atomic E-state index is 0.366. The smallest absolute Gasteiger partial charge is 0.128 e. The topological polar surface area (TPSA) is 27.0 Å². The van der Waals surface area contributed by atoms with Gasteiger partial charge in [-0.15, -0.1) is 0 Å². The van der Waals surface area contributed by atoms with Crippen LogP contribution in [0.2, 0.25) is 0 Å². The van der Waals surface area contributed by atoms with Crippen molar-refractivity contribution < 1.29 is 8.78 Å². The molecule has 1 spiro atoms. The summed E-state index contributed by atoms with van der Waals surface area (Å²) in [5.74, 6) is -1.32. The van der Waals surface area contributed by atoms with Crippen molar-refractivity contribution >= 4 is 17.1 Å².